The number of ether oxygens (including phenoxy) is 2. The maximum Gasteiger partial charge on any atom is 0.183 e. The highest BCUT2D eigenvalue weighted by atomic mass is 16.7. The fourth-order valence-corrected chi connectivity index (χ4v) is 1.25. The van der Waals surface area contributed by atoms with Crippen molar-refractivity contribution in [1.29, 1.82) is 0 Å². The SMILES string of the molecule is CO[C@H]1O[C@H](C(O)CO)C[C@@H]1O. The fourth-order valence-electron chi connectivity index (χ4n) is 1.25. The van der Waals surface area contributed by atoms with Crippen molar-refractivity contribution in [2.24, 2.45) is 0 Å². The third kappa shape index (κ3) is 1.94. The zero-order chi connectivity index (χ0) is 9.14. The molecule has 5 nitrogen and oxygen atoms in total. The summed E-state index contributed by atoms with van der Waals surface area (Å²) in [6.45, 7) is -0.367. The lowest BCUT2D eigenvalue weighted by molar-refractivity contribution is -0.166. The van der Waals surface area contributed by atoms with E-state index in [1.54, 1.807) is 0 Å². The van der Waals surface area contributed by atoms with Crippen molar-refractivity contribution in [2.75, 3.05) is 13.7 Å². The Hall–Kier alpha value is -0.200. The highest BCUT2D eigenvalue weighted by Gasteiger charge is 2.37. The van der Waals surface area contributed by atoms with Crippen LogP contribution >= 0.6 is 0 Å². The molecule has 1 aliphatic rings. The van der Waals surface area contributed by atoms with Gasteiger partial charge < -0.3 is 24.8 Å². The molecule has 0 saturated carbocycles. The molecule has 72 valence electrons. The molecule has 0 bridgehead atoms. The first-order chi connectivity index (χ1) is 5.69. The average Bonchev–Trinajstić information content (AvgIpc) is 2.45. The number of aliphatic hydroxyl groups excluding tert-OH is 3. The van der Waals surface area contributed by atoms with Gasteiger partial charge in [-0.2, -0.15) is 0 Å². The summed E-state index contributed by atoms with van der Waals surface area (Å²) in [5.41, 5.74) is 0. The van der Waals surface area contributed by atoms with Crippen LogP contribution in [0.15, 0.2) is 0 Å². The third-order valence-corrected chi connectivity index (χ3v) is 1.95. The van der Waals surface area contributed by atoms with Crippen LogP contribution < -0.4 is 0 Å². The van der Waals surface area contributed by atoms with E-state index in [1.165, 1.54) is 7.11 Å². The van der Waals surface area contributed by atoms with Crippen LogP contribution in [0.1, 0.15) is 6.42 Å². The number of methoxy groups -OCH3 is 1. The van der Waals surface area contributed by atoms with E-state index in [0.29, 0.717) is 6.42 Å². The number of aliphatic hydroxyl groups is 3. The predicted octanol–water partition coefficient (Wildman–Crippen LogP) is -1.54. The topological polar surface area (TPSA) is 79.2 Å². The van der Waals surface area contributed by atoms with Gasteiger partial charge in [0.2, 0.25) is 0 Å². The molecule has 4 atom stereocenters. The molecular formula is C7H14O5. The molecule has 0 aromatic carbocycles. The molecule has 3 N–H and O–H groups in total. The molecule has 1 saturated heterocycles. The largest absolute Gasteiger partial charge is 0.394 e. The highest BCUT2D eigenvalue weighted by molar-refractivity contribution is 4.81. The molecule has 1 rings (SSSR count). The molecule has 5 heteroatoms. The predicted molar refractivity (Wildman–Crippen MR) is 39.4 cm³/mol. The third-order valence-electron chi connectivity index (χ3n) is 1.95. The van der Waals surface area contributed by atoms with Gasteiger partial charge in [0.05, 0.1) is 12.7 Å². The van der Waals surface area contributed by atoms with E-state index >= 15 is 0 Å². The molecule has 0 aromatic rings. The summed E-state index contributed by atoms with van der Waals surface area (Å²) < 4.78 is 9.88. The summed E-state index contributed by atoms with van der Waals surface area (Å²) in [6, 6.07) is 0. The molecule has 0 aliphatic carbocycles. The van der Waals surface area contributed by atoms with Crippen LogP contribution in [-0.4, -0.2) is 53.6 Å². The van der Waals surface area contributed by atoms with Gasteiger partial charge >= 0.3 is 0 Å². The van der Waals surface area contributed by atoms with Crippen molar-refractivity contribution in [1.82, 2.24) is 0 Å². The van der Waals surface area contributed by atoms with Crippen LogP contribution in [-0.2, 0) is 9.47 Å². The average molecular weight is 178 g/mol. The Labute approximate surface area is 70.5 Å². The lowest BCUT2D eigenvalue weighted by atomic mass is 10.1. The Morgan fingerprint density at radius 2 is 2.33 bits per heavy atom. The van der Waals surface area contributed by atoms with Crippen LogP contribution in [0.2, 0.25) is 0 Å². The van der Waals surface area contributed by atoms with E-state index in [9.17, 15) is 5.11 Å². The Kier molecular flexibility index (Phi) is 3.42. The van der Waals surface area contributed by atoms with Gasteiger partial charge in [-0.25, -0.2) is 0 Å². The lowest BCUT2D eigenvalue weighted by Crippen LogP contribution is -2.29. The molecule has 12 heavy (non-hydrogen) atoms. The summed E-state index contributed by atoms with van der Waals surface area (Å²) in [5.74, 6) is 0. The quantitative estimate of drug-likeness (QED) is 0.488. The molecule has 0 radical (unpaired) electrons. The Bertz CT molecular complexity index is 140. The smallest absolute Gasteiger partial charge is 0.183 e. The Morgan fingerprint density at radius 3 is 2.75 bits per heavy atom. The van der Waals surface area contributed by atoms with Crippen molar-refractivity contribution in [3.05, 3.63) is 0 Å². The molecule has 0 amide bonds. The molecule has 1 heterocycles. The van der Waals surface area contributed by atoms with Crippen molar-refractivity contribution in [3.8, 4) is 0 Å². The normalized spacial score (nSPS) is 38.5. The Balaban J connectivity index is 2.42. The summed E-state index contributed by atoms with van der Waals surface area (Å²) in [7, 11) is 1.42. The summed E-state index contributed by atoms with van der Waals surface area (Å²) in [4.78, 5) is 0. The van der Waals surface area contributed by atoms with E-state index in [0.717, 1.165) is 0 Å². The van der Waals surface area contributed by atoms with Crippen LogP contribution in [0.4, 0.5) is 0 Å². The van der Waals surface area contributed by atoms with Gasteiger partial charge in [-0.3, -0.25) is 0 Å². The first-order valence-corrected chi connectivity index (χ1v) is 3.84. The van der Waals surface area contributed by atoms with Crippen LogP contribution in [0.25, 0.3) is 0 Å². The molecule has 1 aliphatic heterocycles. The second kappa shape index (κ2) is 4.15. The zero-order valence-corrected chi connectivity index (χ0v) is 6.88. The zero-order valence-electron chi connectivity index (χ0n) is 6.88. The molecule has 0 spiro atoms. The van der Waals surface area contributed by atoms with Crippen molar-refractivity contribution < 1.29 is 24.8 Å². The van der Waals surface area contributed by atoms with Crippen LogP contribution in [0.3, 0.4) is 0 Å². The van der Waals surface area contributed by atoms with E-state index in [-0.39, 0.29) is 6.61 Å². The minimum absolute atomic E-state index is 0.292. The van der Waals surface area contributed by atoms with Gasteiger partial charge in [0.15, 0.2) is 6.29 Å². The van der Waals surface area contributed by atoms with E-state index in [4.69, 9.17) is 19.7 Å². The minimum atomic E-state index is -0.945. The van der Waals surface area contributed by atoms with E-state index in [1.807, 2.05) is 0 Å². The summed E-state index contributed by atoms with van der Waals surface area (Å²) in [5, 5.41) is 27.0. The maximum atomic E-state index is 9.26. The first-order valence-electron chi connectivity index (χ1n) is 3.84. The number of hydrogen-bond acceptors (Lipinski definition) is 5. The van der Waals surface area contributed by atoms with Crippen LogP contribution in [0, 0.1) is 0 Å². The van der Waals surface area contributed by atoms with E-state index < -0.39 is 24.6 Å². The fraction of sp³-hybridized carbons (Fsp3) is 1.00. The minimum Gasteiger partial charge on any atom is -0.394 e. The number of hydrogen-bond donors (Lipinski definition) is 3. The molecule has 1 unspecified atom stereocenters. The van der Waals surface area contributed by atoms with Gasteiger partial charge in [0, 0.05) is 13.5 Å². The van der Waals surface area contributed by atoms with E-state index in [2.05, 4.69) is 0 Å². The van der Waals surface area contributed by atoms with Crippen molar-refractivity contribution in [3.63, 3.8) is 0 Å². The lowest BCUT2D eigenvalue weighted by Gasteiger charge is -2.15. The first kappa shape index (κ1) is 9.88. The standard InChI is InChI=1S/C7H14O5/c1-11-7-4(9)2-6(12-7)5(10)3-8/h4-10H,2-3H2,1H3/t4-,5?,6-,7-/m0/s1. The van der Waals surface area contributed by atoms with Gasteiger partial charge in [-0.05, 0) is 0 Å². The number of rotatable bonds is 3. The van der Waals surface area contributed by atoms with Gasteiger partial charge in [0.1, 0.15) is 12.2 Å². The maximum absolute atomic E-state index is 9.26. The summed E-state index contributed by atoms with van der Waals surface area (Å²) >= 11 is 0. The molecule has 1 fully saturated rings. The van der Waals surface area contributed by atoms with Crippen molar-refractivity contribution in [2.45, 2.75) is 31.0 Å². The summed E-state index contributed by atoms with van der Waals surface area (Å²) in [6.07, 6.45) is -2.59. The van der Waals surface area contributed by atoms with Gasteiger partial charge in [-0.15, -0.1) is 0 Å². The second-order valence-electron chi connectivity index (χ2n) is 2.83. The van der Waals surface area contributed by atoms with Crippen molar-refractivity contribution >= 4 is 0 Å². The van der Waals surface area contributed by atoms with Gasteiger partial charge in [-0.1, -0.05) is 0 Å². The van der Waals surface area contributed by atoms with Gasteiger partial charge in [0.25, 0.3) is 0 Å². The Morgan fingerprint density at radius 1 is 1.67 bits per heavy atom. The molecule has 0 aromatic heterocycles. The van der Waals surface area contributed by atoms with Crippen LogP contribution in [0.5, 0.6) is 0 Å². The second-order valence-corrected chi connectivity index (χ2v) is 2.83. The molecular weight excluding hydrogens is 164 g/mol. The monoisotopic (exact) mass is 178 g/mol. The highest BCUT2D eigenvalue weighted by Crippen LogP contribution is 2.22.